The van der Waals surface area contributed by atoms with Gasteiger partial charge >= 0.3 is 0 Å². The molecule has 0 bridgehead atoms. The summed E-state index contributed by atoms with van der Waals surface area (Å²) in [4.78, 5) is 4.53. The summed E-state index contributed by atoms with van der Waals surface area (Å²) in [5, 5.41) is 5.72. The zero-order valence-electron chi connectivity index (χ0n) is 14.8. The highest BCUT2D eigenvalue weighted by molar-refractivity contribution is 9.10. The lowest BCUT2D eigenvalue weighted by Crippen LogP contribution is -2.22. The van der Waals surface area contributed by atoms with Crippen molar-refractivity contribution in [3.8, 4) is 11.3 Å². The Labute approximate surface area is 157 Å². The van der Waals surface area contributed by atoms with Crippen LogP contribution in [0.4, 0.5) is 5.69 Å². The Bertz CT molecular complexity index is 888. The second-order valence-electron chi connectivity index (χ2n) is 7.35. The number of fused-ring (bicyclic) bond motifs is 1. The average Bonchev–Trinajstić information content (AvgIpc) is 2.88. The second kappa shape index (κ2) is 7.27. The van der Waals surface area contributed by atoms with Crippen LogP contribution in [0.25, 0.3) is 22.3 Å². The number of anilines is 1. The highest BCUT2D eigenvalue weighted by Gasteiger charge is 2.16. The third kappa shape index (κ3) is 4.48. The molecule has 0 saturated heterocycles. The fraction of sp³-hybridized carbons (Fsp3) is 0.333. The van der Waals surface area contributed by atoms with Gasteiger partial charge in [0.15, 0.2) is 5.65 Å². The highest BCUT2D eigenvalue weighted by Crippen LogP contribution is 2.29. The van der Waals surface area contributed by atoms with Gasteiger partial charge in [0.1, 0.15) is 12.4 Å². The van der Waals surface area contributed by atoms with Gasteiger partial charge in [0.25, 0.3) is 0 Å². The fourth-order valence-electron chi connectivity index (χ4n) is 2.55. The summed E-state index contributed by atoms with van der Waals surface area (Å²) in [5.41, 5.74) is 9.31. The zero-order valence-corrected chi connectivity index (χ0v) is 17.4. The summed E-state index contributed by atoms with van der Waals surface area (Å²) in [6.45, 7) is 8.18. The minimum Gasteiger partial charge on any atom is -0.399 e. The third-order valence-electron chi connectivity index (χ3n) is 3.92. The molecule has 0 fully saturated rings. The first-order chi connectivity index (χ1) is 11.8. The minimum absolute atomic E-state index is 0.401. The van der Waals surface area contributed by atoms with Gasteiger partial charge in [-0.05, 0) is 40.2 Å². The van der Waals surface area contributed by atoms with Crippen molar-refractivity contribution in [3.05, 3.63) is 41.0 Å². The molecule has 2 heterocycles. The van der Waals surface area contributed by atoms with E-state index in [1.165, 1.54) is 0 Å². The molecule has 0 aliphatic carbocycles. The number of nitrogen functional groups attached to an aromatic ring is 1. The summed E-state index contributed by atoms with van der Waals surface area (Å²) in [6.07, 6.45) is 1.78. The first kappa shape index (κ1) is 18.1. The van der Waals surface area contributed by atoms with E-state index < -0.39 is 8.07 Å². The van der Waals surface area contributed by atoms with Crippen molar-refractivity contribution in [3.63, 3.8) is 0 Å². The second-order valence-corrected chi connectivity index (χ2v) is 13.9. The van der Waals surface area contributed by atoms with Crippen LogP contribution in [0.1, 0.15) is 0 Å². The van der Waals surface area contributed by atoms with E-state index in [0.29, 0.717) is 6.73 Å². The molecular formula is C18H23BrN4OSi. The number of nitrogens with two attached hydrogens (primary N) is 1. The van der Waals surface area contributed by atoms with Crippen LogP contribution in [-0.2, 0) is 11.5 Å². The minimum atomic E-state index is -1.10. The van der Waals surface area contributed by atoms with Crippen LogP contribution < -0.4 is 5.73 Å². The van der Waals surface area contributed by atoms with E-state index in [1.807, 2.05) is 35.0 Å². The van der Waals surface area contributed by atoms with E-state index in [1.54, 1.807) is 6.20 Å². The highest BCUT2D eigenvalue weighted by atomic mass is 79.9. The zero-order chi connectivity index (χ0) is 18.0. The van der Waals surface area contributed by atoms with Crippen molar-refractivity contribution in [1.82, 2.24) is 14.8 Å². The lowest BCUT2D eigenvalue weighted by atomic mass is 10.1. The number of hydrogen-bond acceptors (Lipinski definition) is 4. The molecule has 0 aliphatic rings. The van der Waals surface area contributed by atoms with Crippen molar-refractivity contribution >= 4 is 40.7 Å². The Morgan fingerprint density at radius 2 is 2.04 bits per heavy atom. The summed E-state index contributed by atoms with van der Waals surface area (Å²) < 4.78 is 8.61. The predicted molar refractivity (Wildman–Crippen MR) is 109 cm³/mol. The third-order valence-corrected chi connectivity index (χ3v) is 6.06. The Balaban J connectivity index is 1.92. The van der Waals surface area contributed by atoms with Crippen LogP contribution in [-0.4, -0.2) is 29.4 Å². The summed E-state index contributed by atoms with van der Waals surface area (Å²) >= 11 is 3.50. The average molecular weight is 419 g/mol. The molecular weight excluding hydrogens is 396 g/mol. The van der Waals surface area contributed by atoms with Crippen molar-refractivity contribution < 1.29 is 4.74 Å². The van der Waals surface area contributed by atoms with Gasteiger partial charge in [-0.25, -0.2) is 9.67 Å². The molecule has 2 N–H and O–H groups in total. The Hall–Kier alpha value is -1.70. The van der Waals surface area contributed by atoms with E-state index in [0.717, 1.165) is 45.1 Å². The van der Waals surface area contributed by atoms with Gasteiger partial charge in [-0.3, -0.25) is 0 Å². The van der Waals surface area contributed by atoms with Gasteiger partial charge < -0.3 is 10.5 Å². The maximum Gasteiger partial charge on any atom is 0.160 e. The Morgan fingerprint density at radius 1 is 1.24 bits per heavy atom. The maximum absolute atomic E-state index is 5.94. The first-order valence-electron chi connectivity index (χ1n) is 8.29. The van der Waals surface area contributed by atoms with Gasteiger partial charge in [-0.1, -0.05) is 31.8 Å². The molecule has 2 aromatic heterocycles. The van der Waals surface area contributed by atoms with Gasteiger partial charge in [-0.15, -0.1) is 0 Å². The number of nitrogens with zero attached hydrogens (tertiary/aromatic N) is 3. The summed E-state index contributed by atoms with van der Waals surface area (Å²) in [5.74, 6) is 0. The van der Waals surface area contributed by atoms with Crippen LogP contribution in [0.15, 0.2) is 41.0 Å². The predicted octanol–water partition coefficient (Wildman–Crippen LogP) is 4.76. The molecule has 0 radical (unpaired) electrons. The molecule has 25 heavy (non-hydrogen) atoms. The first-order valence-corrected chi connectivity index (χ1v) is 12.8. The van der Waals surface area contributed by atoms with E-state index in [9.17, 15) is 0 Å². The molecule has 0 unspecified atom stereocenters. The molecule has 3 aromatic rings. The number of ether oxygens (including phenoxy) is 1. The molecule has 132 valence electrons. The van der Waals surface area contributed by atoms with Crippen molar-refractivity contribution in [1.29, 1.82) is 0 Å². The Morgan fingerprint density at radius 3 is 2.76 bits per heavy atom. The van der Waals surface area contributed by atoms with E-state index in [2.05, 4.69) is 40.6 Å². The quantitative estimate of drug-likeness (QED) is 0.356. The summed E-state index contributed by atoms with van der Waals surface area (Å²) in [6, 6.07) is 10.9. The van der Waals surface area contributed by atoms with Crippen molar-refractivity contribution in [2.24, 2.45) is 0 Å². The van der Waals surface area contributed by atoms with Crippen LogP contribution in [0.5, 0.6) is 0 Å². The van der Waals surface area contributed by atoms with Crippen LogP contribution in [0, 0.1) is 0 Å². The van der Waals surface area contributed by atoms with E-state index in [4.69, 9.17) is 15.6 Å². The largest absolute Gasteiger partial charge is 0.399 e. The molecule has 0 atom stereocenters. The van der Waals surface area contributed by atoms with E-state index >= 15 is 0 Å². The monoisotopic (exact) mass is 418 g/mol. The lowest BCUT2D eigenvalue weighted by molar-refractivity contribution is 0.0814. The maximum atomic E-state index is 5.94. The lowest BCUT2D eigenvalue weighted by Gasteiger charge is -2.15. The standard InChI is InChI=1S/C18H23BrN4OSi/c1-25(2,3)8-7-24-12-23-18-16(10-14(19)11-21-18)17(22-23)13-5-4-6-15(20)9-13/h4-6,9-11H,7-8,12,20H2,1-3H3. The molecule has 1 aromatic carbocycles. The molecule has 0 amide bonds. The number of halogens is 1. The fourth-order valence-corrected chi connectivity index (χ4v) is 3.64. The number of aromatic nitrogens is 3. The van der Waals surface area contributed by atoms with Gasteiger partial charge in [0.2, 0.25) is 0 Å². The van der Waals surface area contributed by atoms with E-state index in [-0.39, 0.29) is 0 Å². The molecule has 0 aliphatic heterocycles. The van der Waals surface area contributed by atoms with Gasteiger partial charge in [0.05, 0.1) is 0 Å². The topological polar surface area (TPSA) is 66.0 Å². The van der Waals surface area contributed by atoms with Gasteiger partial charge in [-0.2, -0.15) is 5.10 Å². The molecule has 0 spiro atoms. The molecule has 0 saturated carbocycles. The normalized spacial score (nSPS) is 12.0. The van der Waals surface area contributed by atoms with Crippen LogP contribution >= 0.6 is 15.9 Å². The number of rotatable bonds is 6. The van der Waals surface area contributed by atoms with Crippen molar-refractivity contribution in [2.75, 3.05) is 12.3 Å². The van der Waals surface area contributed by atoms with Crippen LogP contribution in [0.3, 0.4) is 0 Å². The molecule has 7 heteroatoms. The molecule has 3 rings (SSSR count). The summed E-state index contributed by atoms with van der Waals surface area (Å²) in [7, 11) is -1.10. The number of benzene rings is 1. The number of hydrogen-bond donors (Lipinski definition) is 1. The van der Waals surface area contributed by atoms with Crippen molar-refractivity contribution in [2.45, 2.75) is 32.4 Å². The van der Waals surface area contributed by atoms with Gasteiger partial charge in [0, 0.05) is 42.0 Å². The molecule has 5 nitrogen and oxygen atoms in total. The number of pyridine rings is 1. The SMILES string of the molecule is C[Si](C)(C)CCOCn1nc(-c2cccc(N)c2)c2cc(Br)cnc21. The Kier molecular flexibility index (Phi) is 5.26. The smallest absolute Gasteiger partial charge is 0.160 e. The van der Waals surface area contributed by atoms with Crippen LogP contribution in [0.2, 0.25) is 25.7 Å².